The van der Waals surface area contributed by atoms with Crippen LogP contribution >= 0.6 is 0 Å². The van der Waals surface area contributed by atoms with Gasteiger partial charge in [-0.05, 0) is 36.4 Å². The lowest BCUT2D eigenvalue weighted by molar-refractivity contribution is 1.37. The first-order chi connectivity index (χ1) is 10.9. The van der Waals surface area contributed by atoms with E-state index >= 15 is 0 Å². The van der Waals surface area contributed by atoms with Crippen LogP contribution in [0.4, 0.5) is 0 Å². The largest absolute Gasteiger partial charge is 0.256 e. The van der Waals surface area contributed by atoms with E-state index in [0.717, 1.165) is 43.7 Å². The maximum absolute atomic E-state index is 4.73. The maximum atomic E-state index is 4.73. The number of fused-ring (bicyclic) bond motifs is 4. The average molecular weight is 281 g/mol. The van der Waals surface area contributed by atoms with Crippen molar-refractivity contribution in [2.45, 2.75) is 0 Å². The maximum Gasteiger partial charge on any atom is 0.160 e. The Hall–Kier alpha value is -3.07. The van der Waals surface area contributed by atoms with Gasteiger partial charge in [0.15, 0.2) is 5.65 Å². The average Bonchev–Trinajstić information content (AvgIpc) is 2.56. The smallest absolute Gasteiger partial charge is 0.160 e. The fourth-order valence-electron chi connectivity index (χ4n) is 2.94. The molecule has 0 atom stereocenters. The summed E-state index contributed by atoms with van der Waals surface area (Å²) in [6, 6.07) is 20.6. The molecule has 3 aromatic heterocycles. The molecule has 22 heavy (non-hydrogen) atoms. The Bertz CT molecular complexity index is 995. The van der Waals surface area contributed by atoms with E-state index in [1.165, 1.54) is 0 Å². The molecule has 0 radical (unpaired) electrons. The highest BCUT2D eigenvalue weighted by Crippen LogP contribution is 2.25. The van der Waals surface area contributed by atoms with Crippen molar-refractivity contribution in [3.8, 4) is 0 Å². The van der Waals surface area contributed by atoms with Crippen molar-refractivity contribution in [2.24, 2.45) is 0 Å². The predicted molar refractivity (Wildman–Crippen MR) is 89.9 cm³/mol. The molecule has 3 heteroatoms. The second kappa shape index (κ2) is 4.21. The van der Waals surface area contributed by atoms with Crippen LogP contribution < -0.4 is 0 Å². The number of hydrogen-bond donors (Lipinski definition) is 0. The third kappa shape index (κ3) is 1.66. The quantitative estimate of drug-likeness (QED) is 0.393. The summed E-state index contributed by atoms with van der Waals surface area (Å²) in [4.78, 5) is 13.8. The van der Waals surface area contributed by atoms with Gasteiger partial charge in [-0.15, -0.1) is 0 Å². The summed E-state index contributed by atoms with van der Waals surface area (Å²) in [6.07, 6.45) is 1.81. The highest BCUT2D eigenvalue weighted by molar-refractivity contribution is 6.01. The second-order valence-electron chi connectivity index (χ2n) is 5.46. The molecule has 102 valence electrons. The molecule has 0 spiro atoms. The third-order valence-electron chi connectivity index (χ3n) is 4.02. The molecule has 0 aliphatic rings. The normalized spacial score (nSPS) is 11.6. The predicted octanol–water partition coefficient (Wildman–Crippen LogP) is 4.48. The minimum Gasteiger partial charge on any atom is -0.256 e. The van der Waals surface area contributed by atoms with Crippen molar-refractivity contribution >= 4 is 43.7 Å². The fourth-order valence-corrected chi connectivity index (χ4v) is 2.94. The molecule has 0 N–H and O–H groups in total. The van der Waals surface area contributed by atoms with Gasteiger partial charge in [0.25, 0.3) is 0 Å². The number of pyridine rings is 3. The summed E-state index contributed by atoms with van der Waals surface area (Å²) in [5.41, 5.74) is 3.64. The molecule has 5 rings (SSSR count). The summed E-state index contributed by atoms with van der Waals surface area (Å²) >= 11 is 0. The van der Waals surface area contributed by atoms with Crippen LogP contribution in [0.25, 0.3) is 43.7 Å². The molecule has 0 saturated carbocycles. The molecular formula is C19H11N3. The van der Waals surface area contributed by atoms with Crippen LogP contribution in [0.2, 0.25) is 0 Å². The molecular weight excluding hydrogens is 270 g/mol. The first kappa shape index (κ1) is 11.6. The van der Waals surface area contributed by atoms with Crippen molar-refractivity contribution in [1.29, 1.82) is 0 Å². The van der Waals surface area contributed by atoms with Gasteiger partial charge in [0, 0.05) is 27.7 Å². The highest BCUT2D eigenvalue weighted by Gasteiger charge is 2.05. The van der Waals surface area contributed by atoms with Crippen molar-refractivity contribution < 1.29 is 0 Å². The van der Waals surface area contributed by atoms with E-state index in [2.05, 4.69) is 40.3 Å². The minimum absolute atomic E-state index is 0.779. The molecule has 0 saturated heterocycles. The van der Waals surface area contributed by atoms with Crippen molar-refractivity contribution in [3.05, 3.63) is 66.9 Å². The lowest BCUT2D eigenvalue weighted by atomic mass is 10.1. The number of para-hydroxylation sites is 1. The van der Waals surface area contributed by atoms with Crippen molar-refractivity contribution in [1.82, 2.24) is 15.0 Å². The van der Waals surface area contributed by atoms with Crippen LogP contribution in [-0.4, -0.2) is 15.0 Å². The molecule has 3 heterocycles. The van der Waals surface area contributed by atoms with Gasteiger partial charge in [-0.3, -0.25) is 4.98 Å². The van der Waals surface area contributed by atoms with Gasteiger partial charge in [-0.25, -0.2) is 9.97 Å². The van der Waals surface area contributed by atoms with E-state index in [1.807, 2.05) is 30.3 Å². The van der Waals surface area contributed by atoms with Crippen LogP contribution in [0.15, 0.2) is 66.9 Å². The zero-order valence-corrected chi connectivity index (χ0v) is 11.7. The monoisotopic (exact) mass is 281 g/mol. The van der Waals surface area contributed by atoms with Crippen LogP contribution in [0.5, 0.6) is 0 Å². The Kier molecular flexibility index (Phi) is 2.22. The standard InChI is InChI=1S/C19H11N3/c1-2-6-16-12(4-1)9-15-10-14-8-13-5-3-7-20-17(13)11-18(14)22-19(15)21-16/h1-11H. The molecule has 3 nitrogen and oxygen atoms in total. The van der Waals surface area contributed by atoms with Gasteiger partial charge in [-0.1, -0.05) is 24.3 Å². The van der Waals surface area contributed by atoms with Crippen LogP contribution in [0, 0.1) is 0 Å². The van der Waals surface area contributed by atoms with E-state index < -0.39 is 0 Å². The van der Waals surface area contributed by atoms with E-state index in [0.29, 0.717) is 0 Å². The van der Waals surface area contributed by atoms with Crippen LogP contribution in [0.3, 0.4) is 0 Å². The Labute approximate surface area is 126 Å². The number of benzene rings is 2. The molecule has 0 aliphatic heterocycles. The van der Waals surface area contributed by atoms with E-state index in [1.54, 1.807) is 6.20 Å². The van der Waals surface area contributed by atoms with Crippen molar-refractivity contribution in [3.63, 3.8) is 0 Å². The number of hydrogen-bond acceptors (Lipinski definition) is 3. The van der Waals surface area contributed by atoms with E-state index in [-0.39, 0.29) is 0 Å². The van der Waals surface area contributed by atoms with E-state index in [4.69, 9.17) is 4.98 Å². The van der Waals surface area contributed by atoms with Crippen molar-refractivity contribution in [2.75, 3.05) is 0 Å². The molecule has 0 fully saturated rings. The van der Waals surface area contributed by atoms with E-state index in [9.17, 15) is 0 Å². The molecule has 5 aromatic rings. The van der Waals surface area contributed by atoms with Gasteiger partial charge in [-0.2, -0.15) is 0 Å². The summed E-state index contributed by atoms with van der Waals surface area (Å²) in [5.74, 6) is 0. The summed E-state index contributed by atoms with van der Waals surface area (Å²) in [7, 11) is 0. The Morgan fingerprint density at radius 3 is 2.27 bits per heavy atom. The molecule has 0 unspecified atom stereocenters. The van der Waals surface area contributed by atoms with Gasteiger partial charge >= 0.3 is 0 Å². The summed E-state index contributed by atoms with van der Waals surface area (Å²) in [6.45, 7) is 0. The Morgan fingerprint density at radius 2 is 1.27 bits per heavy atom. The summed E-state index contributed by atoms with van der Waals surface area (Å²) in [5, 5.41) is 4.45. The fraction of sp³-hybridized carbons (Fsp3) is 0. The molecule has 0 bridgehead atoms. The summed E-state index contributed by atoms with van der Waals surface area (Å²) < 4.78 is 0. The number of rotatable bonds is 0. The SMILES string of the molecule is c1cnc2cc3nc4nc5ccccc5cc4cc3cc2c1. The van der Waals surface area contributed by atoms with Crippen LogP contribution in [-0.2, 0) is 0 Å². The molecule has 2 aromatic carbocycles. The van der Waals surface area contributed by atoms with Gasteiger partial charge in [0.1, 0.15) is 0 Å². The third-order valence-corrected chi connectivity index (χ3v) is 4.02. The Morgan fingerprint density at radius 1 is 0.545 bits per heavy atom. The number of aromatic nitrogens is 3. The first-order valence-electron chi connectivity index (χ1n) is 7.22. The van der Waals surface area contributed by atoms with Gasteiger partial charge in [0.05, 0.1) is 16.6 Å². The number of nitrogens with zero attached hydrogens (tertiary/aromatic N) is 3. The molecule has 0 amide bonds. The molecule has 0 aliphatic carbocycles. The highest BCUT2D eigenvalue weighted by atomic mass is 14.8. The Balaban J connectivity index is 1.93. The van der Waals surface area contributed by atoms with Gasteiger partial charge < -0.3 is 0 Å². The second-order valence-corrected chi connectivity index (χ2v) is 5.46. The van der Waals surface area contributed by atoms with Crippen LogP contribution in [0.1, 0.15) is 0 Å². The first-order valence-corrected chi connectivity index (χ1v) is 7.22. The lowest BCUT2D eigenvalue weighted by Gasteiger charge is -2.05. The lowest BCUT2D eigenvalue weighted by Crippen LogP contribution is -1.88. The minimum atomic E-state index is 0.779. The topological polar surface area (TPSA) is 38.7 Å². The van der Waals surface area contributed by atoms with Gasteiger partial charge in [0.2, 0.25) is 0 Å². The zero-order chi connectivity index (χ0) is 14.5. The zero-order valence-electron chi connectivity index (χ0n) is 11.7.